The van der Waals surface area contributed by atoms with Gasteiger partial charge in [-0.25, -0.2) is 13.8 Å². The number of amides is 1. The van der Waals surface area contributed by atoms with Gasteiger partial charge in [0, 0.05) is 41.5 Å². The van der Waals surface area contributed by atoms with Crippen LogP contribution in [0.5, 0.6) is 0 Å². The van der Waals surface area contributed by atoms with Crippen LogP contribution in [0.15, 0.2) is 82.8 Å². The van der Waals surface area contributed by atoms with E-state index in [2.05, 4.69) is 10.5 Å². The summed E-state index contributed by atoms with van der Waals surface area (Å²) in [4.78, 5) is 25.6. The molecule has 0 atom stereocenters. The summed E-state index contributed by atoms with van der Waals surface area (Å²) >= 11 is 5.90. The Morgan fingerprint density at radius 2 is 1.79 bits per heavy atom. The SMILES string of the molecule is O=C(CN(c1ccccc1)S(=O)(=O)c1ccc(Cl)cc1)N/N=C\c1cc([N+](=O)[O-])ccc1N1CCOCC1. The number of para-hydroxylation sites is 1. The Bertz CT molecular complexity index is 1430. The van der Waals surface area contributed by atoms with Gasteiger partial charge in [-0.2, -0.15) is 5.10 Å². The van der Waals surface area contributed by atoms with Crippen LogP contribution in [0.3, 0.4) is 0 Å². The van der Waals surface area contributed by atoms with Crippen LogP contribution in [0.25, 0.3) is 0 Å². The van der Waals surface area contributed by atoms with Crippen molar-refractivity contribution in [2.45, 2.75) is 4.90 Å². The minimum absolute atomic E-state index is 0.0335. The Morgan fingerprint density at radius 1 is 1.11 bits per heavy atom. The molecule has 1 N–H and O–H groups in total. The molecule has 0 spiro atoms. The number of benzene rings is 3. The number of rotatable bonds is 9. The number of sulfonamides is 1. The fourth-order valence-electron chi connectivity index (χ4n) is 3.83. The van der Waals surface area contributed by atoms with Crippen molar-refractivity contribution in [3.63, 3.8) is 0 Å². The molecule has 0 saturated carbocycles. The molecule has 0 aromatic heterocycles. The number of nitro groups is 1. The first-order valence-corrected chi connectivity index (χ1v) is 13.3. The molecule has 0 radical (unpaired) electrons. The summed E-state index contributed by atoms with van der Waals surface area (Å²) in [6.45, 7) is 1.67. The number of hydrogen-bond acceptors (Lipinski definition) is 8. The van der Waals surface area contributed by atoms with E-state index in [4.69, 9.17) is 16.3 Å². The quantitative estimate of drug-likeness (QED) is 0.242. The van der Waals surface area contributed by atoms with E-state index in [1.54, 1.807) is 36.4 Å². The average molecular weight is 558 g/mol. The molecule has 4 rings (SSSR count). The van der Waals surface area contributed by atoms with Crippen LogP contribution in [0.1, 0.15) is 5.56 Å². The van der Waals surface area contributed by atoms with Crippen LogP contribution < -0.4 is 14.6 Å². The van der Waals surface area contributed by atoms with Gasteiger partial charge in [0.05, 0.1) is 34.9 Å². The topological polar surface area (TPSA) is 134 Å². The number of hydrogen-bond donors (Lipinski definition) is 1. The molecule has 1 heterocycles. The minimum Gasteiger partial charge on any atom is -0.378 e. The molecule has 0 aliphatic carbocycles. The van der Waals surface area contributed by atoms with Gasteiger partial charge in [0.15, 0.2) is 0 Å². The number of nitro benzene ring substituents is 1. The second kappa shape index (κ2) is 12.0. The van der Waals surface area contributed by atoms with Crippen molar-refractivity contribution in [2.75, 3.05) is 42.1 Å². The monoisotopic (exact) mass is 557 g/mol. The van der Waals surface area contributed by atoms with Crippen LogP contribution in [0.4, 0.5) is 17.1 Å². The Kier molecular flexibility index (Phi) is 8.56. The molecule has 3 aromatic carbocycles. The molecule has 38 heavy (non-hydrogen) atoms. The first-order valence-electron chi connectivity index (χ1n) is 11.5. The highest BCUT2D eigenvalue weighted by Gasteiger charge is 2.27. The lowest BCUT2D eigenvalue weighted by atomic mass is 10.1. The Hall–Kier alpha value is -4.00. The third kappa shape index (κ3) is 6.46. The first-order chi connectivity index (χ1) is 18.3. The van der Waals surface area contributed by atoms with Gasteiger partial charge >= 0.3 is 0 Å². The Labute approximate surface area is 224 Å². The number of nitrogens with one attached hydrogen (secondary N) is 1. The van der Waals surface area contributed by atoms with E-state index < -0.39 is 27.4 Å². The van der Waals surface area contributed by atoms with Gasteiger partial charge in [0.2, 0.25) is 0 Å². The smallest absolute Gasteiger partial charge is 0.270 e. The number of anilines is 2. The number of nitrogens with zero attached hydrogens (tertiary/aromatic N) is 4. The molecule has 0 bridgehead atoms. The van der Waals surface area contributed by atoms with Gasteiger partial charge in [-0.15, -0.1) is 0 Å². The summed E-state index contributed by atoms with van der Waals surface area (Å²) < 4.78 is 33.1. The van der Waals surface area contributed by atoms with E-state index in [-0.39, 0.29) is 16.3 Å². The van der Waals surface area contributed by atoms with Crippen molar-refractivity contribution < 1.29 is 22.9 Å². The predicted molar refractivity (Wildman–Crippen MR) is 144 cm³/mol. The van der Waals surface area contributed by atoms with Crippen LogP contribution in [0.2, 0.25) is 5.02 Å². The van der Waals surface area contributed by atoms with Crippen molar-refractivity contribution in [3.05, 3.63) is 93.5 Å². The van der Waals surface area contributed by atoms with Crippen molar-refractivity contribution in [3.8, 4) is 0 Å². The molecule has 1 fully saturated rings. The fraction of sp³-hybridized carbons (Fsp3) is 0.200. The molecule has 1 aliphatic heterocycles. The van der Waals surface area contributed by atoms with E-state index in [1.165, 1.54) is 42.6 Å². The van der Waals surface area contributed by atoms with Gasteiger partial charge in [-0.3, -0.25) is 19.2 Å². The van der Waals surface area contributed by atoms with E-state index in [9.17, 15) is 23.3 Å². The predicted octanol–water partition coefficient (Wildman–Crippen LogP) is 3.43. The van der Waals surface area contributed by atoms with E-state index in [1.807, 2.05) is 4.90 Å². The normalized spacial score (nSPS) is 13.9. The molecular weight excluding hydrogens is 534 g/mol. The number of carbonyl (C=O) groups is 1. The van der Waals surface area contributed by atoms with Gasteiger partial charge < -0.3 is 9.64 Å². The highest BCUT2D eigenvalue weighted by molar-refractivity contribution is 7.92. The average Bonchev–Trinajstić information content (AvgIpc) is 2.92. The fourth-order valence-corrected chi connectivity index (χ4v) is 5.38. The molecule has 11 nitrogen and oxygen atoms in total. The number of carbonyl (C=O) groups excluding carboxylic acids is 1. The molecular formula is C25H24ClN5O6S. The minimum atomic E-state index is -4.11. The Morgan fingerprint density at radius 3 is 2.45 bits per heavy atom. The Balaban J connectivity index is 1.55. The maximum atomic E-state index is 13.4. The summed E-state index contributed by atoms with van der Waals surface area (Å²) in [6.07, 6.45) is 1.30. The second-order valence-corrected chi connectivity index (χ2v) is 10.5. The highest BCUT2D eigenvalue weighted by atomic mass is 35.5. The molecule has 0 unspecified atom stereocenters. The van der Waals surface area contributed by atoms with E-state index in [0.29, 0.717) is 42.6 Å². The largest absolute Gasteiger partial charge is 0.378 e. The van der Waals surface area contributed by atoms with Crippen molar-refractivity contribution in [2.24, 2.45) is 5.10 Å². The molecule has 198 valence electrons. The zero-order valence-corrected chi connectivity index (χ0v) is 21.6. The van der Waals surface area contributed by atoms with E-state index >= 15 is 0 Å². The summed E-state index contributed by atoms with van der Waals surface area (Å²) in [5.74, 6) is -0.707. The van der Waals surface area contributed by atoms with Crippen molar-refractivity contribution in [1.82, 2.24) is 5.43 Å². The van der Waals surface area contributed by atoms with Crippen molar-refractivity contribution >= 4 is 50.8 Å². The third-order valence-corrected chi connectivity index (χ3v) is 7.74. The molecule has 1 saturated heterocycles. The van der Waals surface area contributed by atoms with Crippen LogP contribution in [-0.2, 0) is 19.6 Å². The molecule has 3 aromatic rings. The van der Waals surface area contributed by atoms with Gasteiger partial charge in [-0.05, 0) is 42.5 Å². The highest BCUT2D eigenvalue weighted by Crippen LogP contribution is 2.26. The standard InChI is InChI=1S/C25H24ClN5O6S/c26-20-6-9-23(10-7-20)38(35,36)30(21-4-2-1-3-5-21)18-25(32)28-27-17-19-16-22(31(33)34)8-11-24(19)29-12-14-37-15-13-29/h1-11,16-17H,12-15,18H2,(H,28,32)/b27-17-. The molecule has 1 amide bonds. The van der Waals surface area contributed by atoms with Gasteiger partial charge in [-0.1, -0.05) is 29.8 Å². The lowest BCUT2D eigenvalue weighted by molar-refractivity contribution is -0.384. The lowest BCUT2D eigenvalue weighted by Gasteiger charge is -2.29. The van der Waals surface area contributed by atoms with Crippen LogP contribution >= 0.6 is 11.6 Å². The zero-order valence-electron chi connectivity index (χ0n) is 20.1. The summed E-state index contributed by atoms with van der Waals surface area (Å²) in [5, 5.41) is 15.6. The number of non-ortho nitro benzene ring substituents is 1. The first kappa shape index (κ1) is 27.0. The summed E-state index contributed by atoms with van der Waals surface area (Å²) in [7, 11) is -4.11. The maximum absolute atomic E-state index is 13.4. The third-order valence-electron chi connectivity index (χ3n) is 5.70. The zero-order chi connectivity index (χ0) is 27.1. The van der Waals surface area contributed by atoms with Crippen LogP contribution in [0, 0.1) is 10.1 Å². The van der Waals surface area contributed by atoms with Crippen LogP contribution in [-0.4, -0.2) is 58.3 Å². The number of hydrazone groups is 1. The molecule has 13 heteroatoms. The van der Waals surface area contributed by atoms with Gasteiger partial charge in [0.1, 0.15) is 6.54 Å². The second-order valence-electron chi connectivity index (χ2n) is 8.19. The number of ether oxygens (including phenoxy) is 1. The maximum Gasteiger partial charge on any atom is 0.270 e. The summed E-state index contributed by atoms with van der Waals surface area (Å²) in [6, 6.07) is 18.2. The summed E-state index contributed by atoms with van der Waals surface area (Å²) in [5.41, 5.74) is 3.62. The van der Waals surface area contributed by atoms with Gasteiger partial charge in [0.25, 0.3) is 21.6 Å². The number of halogens is 1. The lowest BCUT2D eigenvalue weighted by Crippen LogP contribution is -2.39. The number of morpholine rings is 1. The molecule has 1 aliphatic rings. The van der Waals surface area contributed by atoms with E-state index in [0.717, 1.165) is 4.31 Å². The van der Waals surface area contributed by atoms with Crippen molar-refractivity contribution in [1.29, 1.82) is 0 Å².